The maximum absolute atomic E-state index is 13.8. The van der Waals surface area contributed by atoms with Crippen molar-refractivity contribution < 1.29 is 58.7 Å². The van der Waals surface area contributed by atoms with E-state index in [-0.39, 0.29) is 40.8 Å². The Morgan fingerprint density at radius 2 is 1.73 bits per heavy atom. The van der Waals surface area contributed by atoms with Crippen LogP contribution in [-0.2, 0) is 30.3 Å². The smallest absolute Gasteiger partial charge is 0.249 e. The Morgan fingerprint density at radius 3 is 2.38 bits per heavy atom. The molecule has 4 aliphatic rings. The van der Waals surface area contributed by atoms with Crippen molar-refractivity contribution in [1.82, 2.24) is 15.2 Å². The Balaban J connectivity index is 1.14. The number of pyridine rings is 1. The van der Waals surface area contributed by atoms with E-state index < -0.39 is 119 Å². The third kappa shape index (κ3) is 6.41. The first-order valence-corrected chi connectivity index (χ1v) is 18.4. The Labute approximate surface area is 320 Å². The Kier molecular flexibility index (Phi) is 10.0. The van der Waals surface area contributed by atoms with Crippen LogP contribution in [0.2, 0.25) is 0 Å². The fourth-order valence-electron chi connectivity index (χ4n) is 8.47. The number of carbonyl (C=O) groups is 6. The number of ketones is 3. The summed E-state index contributed by atoms with van der Waals surface area (Å²) in [5.74, 6) is -5.97. The number of rotatable bonds is 8. The van der Waals surface area contributed by atoms with Crippen molar-refractivity contribution in [3.8, 4) is 11.5 Å². The summed E-state index contributed by atoms with van der Waals surface area (Å²) in [5.41, 5.74) is 2.75. The Morgan fingerprint density at radius 1 is 1.07 bits per heavy atom. The van der Waals surface area contributed by atoms with E-state index in [1.807, 2.05) is 0 Å². The number of amides is 3. The monoisotopic (exact) mass is 770 g/mol. The van der Waals surface area contributed by atoms with E-state index in [9.17, 15) is 49.2 Å². The summed E-state index contributed by atoms with van der Waals surface area (Å²) in [6.07, 6.45) is -2.25. The molecule has 2 fully saturated rings. The summed E-state index contributed by atoms with van der Waals surface area (Å²) >= 11 is 0. The summed E-state index contributed by atoms with van der Waals surface area (Å²) in [5, 5.41) is 48.8. The van der Waals surface area contributed by atoms with Crippen molar-refractivity contribution in [2.75, 3.05) is 6.54 Å². The molecule has 7 rings (SSSR count). The van der Waals surface area contributed by atoms with E-state index in [1.54, 1.807) is 26.0 Å². The fourth-order valence-corrected chi connectivity index (χ4v) is 8.47. The van der Waals surface area contributed by atoms with Gasteiger partial charge in [0.05, 0.1) is 35.3 Å². The maximum atomic E-state index is 13.8. The molecule has 16 heteroatoms. The highest BCUT2D eigenvalue weighted by molar-refractivity contribution is 6.30. The van der Waals surface area contributed by atoms with Crippen LogP contribution in [-0.4, -0.2) is 108 Å². The van der Waals surface area contributed by atoms with Crippen LogP contribution in [0.25, 0.3) is 0 Å². The Bertz CT molecular complexity index is 2190. The molecule has 56 heavy (non-hydrogen) atoms. The molecule has 2 aromatic carbocycles. The zero-order chi connectivity index (χ0) is 40.4. The molecular formula is C40H42N4O12. The number of aliphatic hydroxyl groups is 2. The van der Waals surface area contributed by atoms with Crippen LogP contribution in [0.15, 0.2) is 42.7 Å². The summed E-state index contributed by atoms with van der Waals surface area (Å²) in [4.78, 5) is 85.1. The lowest BCUT2D eigenvalue weighted by molar-refractivity contribution is -0.249. The van der Waals surface area contributed by atoms with Gasteiger partial charge in [-0.15, -0.1) is 0 Å². The number of aliphatic hydroxyl groups excluding tert-OH is 1. The molecule has 2 aliphatic heterocycles. The highest BCUT2D eigenvalue weighted by atomic mass is 16.7. The first-order chi connectivity index (χ1) is 26.5. The van der Waals surface area contributed by atoms with Gasteiger partial charge in [0, 0.05) is 66.0 Å². The summed E-state index contributed by atoms with van der Waals surface area (Å²) in [6, 6.07) is 5.49. The minimum absolute atomic E-state index is 0.0200. The molecule has 0 unspecified atom stereocenters. The molecule has 0 radical (unpaired) electrons. The number of hydrogen-bond donors (Lipinski definition) is 6. The molecule has 1 aromatic heterocycles. The van der Waals surface area contributed by atoms with E-state index in [1.165, 1.54) is 35.5 Å². The van der Waals surface area contributed by atoms with Crippen LogP contribution < -0.4 is 11.1 Å². The quantitative estimate of drug-likeness (QED) is 0.139. The van der Waals surface area contributed by atoms with E-state index in [0.29, 0.717) is 18.4 Å². The van der Waals surface area contributed by atoms with E-state index in [0.717, 1.165) is 6.92 Å². The van der Waals surface area contributed by atoms with Gasteiger partial charge in [-0.2, -0.15) is 0 Å². The lowest BCUT2D eigenvalue weighted by Gasteiger charge is -2.43. The summed E-state index contributed by atoms with van der Waals surface area (Å²) < 4.78 is 12.3. The first kappa shape index (κ1) is 38.7. The molecular weight excluding hydrogens is 728 g/mol. The molecule has 7 N–H and O–H groups in total. The second-order valence-corrected chi connectivity index (χ2v) is 15.0. The van der Waals surface area contributed by atoms with Crippen LogP contribution in [0.3, 0.4) is 0 Å². The van der Waals surface area contributed by atoms with Crippen LogP contribution in [0.5, 0.6) is 11.5 Å². The number of primary amides is 1. The standard InChI is InChI=1S/C40H42N4O12/c1-17(24-16-42-11-10-22(24)37(41)51)39(53)44-12-6-9-26(44)38(52)43-25-13-28(55-18(2)32(25)46)56-27-15-40(54,19(3)45)14-23-29(27)36(50)31-30(35(23)49)33(47)20-7-4-5-8-21(20)34(31)48/h4-5,7-8,10-11,16-18,25-28,32,46,49-50,54H,6,9,12-15H2,1-3H3,(H2,41,51)(H,43,52)/t17-,18+,25+,26-,27+,28+,32-,40+/m1/s1. The SMILES string of the molecule is CC(=O)[C@]1(O)Cc2c(O)c3c(c(O)c2[C@@H](O[C@H]2C[C@H](NC(=O)[C@H]4CCCN4C(=O)[C@H](C)c4cnccc4C(N)=O)[C@H](O)[C@H](C)O2)C1)C(=O)c1ccccc1C3=O. The lowest BCUT2D eigenvalue weighted by Crippen LogP contribution is -2.58. The molecule has 3 heterocycles. The first-order valence-electron chi connectivity index (χ1n) is 18.4. The second-order valence-electron chi connectivity index (χ2n) is 15.0. The van der Waals surface area contributed by atoms with Gasteiger partial charge in [-0.3, -0.25) is 33.8 Å². The highest BCUT2D eigenvalue weighted by Gasteiger charge is 2.50. The van der Waals surface area contributed by atoms with Crippen LogP contribution >= 0.6 is 0 Å². The average molecular weight is 771 g/mol. The average Bonchev–Trinajstić information content (AvgIpc) is 3.67. The molecule has 2 aliphatic carbocycles. The van der Waals surface area contributed by atoms with Gasteiger partial charge in [0.2, 0.25) is 17.7 Å². The number of phenolic OH excluding ortho intramolecular Hbond substituents is 2. The third-order valence-electron chi connectivity index (χ3n) is 11.6. The number of nitrogens with one attached hydrogen (secondary N) is 1. The van der Waals surface area contributed by atoms with Crippen molar-refractivity contribution >= 4 is 35.1 Å². The summed E-state index contributed by atoms with van der Waals surface area (Å²) in [7, 11) is 0. The number of fused-ring (bicyclic) bond motifs is 3. The number of nitrogens with zero attached hydrogens (tertiary/aromatic N) is 2. The number of benzene rings is 2. The molecule has 3 amide bonds. The second kappa shape index (κ2) is 14.5. The minimum atomic E-state index is -2.12. The van der Waals surface area contributed by atoms with Gasteiger partial charge >= 0.3 is 0 Å². The predicted octanol–water partition coefficient (Wildman–Crippen LogP) is 1.47. The van der Waals surface area contributed by atoms with Gasteiger partial charge in [-0.25, -0.2) is 0 Å². The zero-order valence-corrected chi connectivity index (χ0v) is 30.9. The van der Waals surface area contributed by atoms with Gasteiger partial charge in [-0.1, -0.05) is 24.3 Å². The number of phenols is 2. The highest BCUT2D eigenvalue weighted by Crippen LogP contribution is 2.52. The van der Waals surface area contributed by atoms with Crippen LogP contribution in [0.4, 0.5) is 0 Å². The molecule has 0 bridgehead atoms. The number of ether oxygens (including phenoxy) is 2. The molecule has 2 saturated heterocycles. The van der Waals surface area contributed by atoms with Crippen molar-refractivity contribution in [3.63, 3.8) is 0 Å². The number of aromatic hydroxyl groups is 2. The van der Waals surface area contributed by atoms with Gasteiger partial charge in [-0.05, 0) is 45.2 Å². The summed E-state index contributed by atoms with van der Waals surface area (Å²) in [6.45, 7) is 4.56. The number of hydrogen-bond acceptors (Lipinski definition) is 13. The molecule has 0 saturated carbocycles. The van der Waals surface area contributed by atoms with E-state index >= 15 is 0 Å². The van der Waals surface area contributed by atoms with Crippen molar-refractivity contribution in [2.24, 2.45) is 5.73 Å². The predicted molar refractivity (Wildman–Crippen MR) is 194 cm³/mol. The van der Waals surface area contributed by atoms with Gasteiger partial charge in [0.15, 0.2) is 23.6 Å². The molecule has 0 spiro atoms. The molecule has 3 aromatic rings. The van der Waals surface area contributed by atoms with Gasteiger partial charge in [0.25, 0.3) is 0 Å². The molecule has 294 valence electrons. The van der Waals surface area contributed by atoms with E-state index in [4.69, 9.17) is 15.2 Å². The number of carbonyl (C=O) groups excluding carboxylic acids is 6. The number of nitrogens with two attached hydrogens (primary N) is 1. The minimum Gasteiger partial charge on any atom is -0.507 e. The normalized spacial score (nSPS) is 27.5. The van der Waals surface area contributed by atoms with E-state index in [2.05, 4.69) is 10.3 Å². The van der Waals surface area contributed by atoms with Crippen molar-refractivity contribution in [2.45, 2.75) is 101 Å². The third-order valence-corrected chi connectivity index (χ3v) is 11.6. The maximum Gasteiger partial charge on any atom is 0.249 e. The Hall–Kier alpha value is -5.55. The molecule has 16 nitrogen and oxygen atoms in total. The lowest BCUT2D eigenvalue weighted by atomic mass is 9.72. The van der Waals surface area contributed by atoms with Crippen LogP contribution in [0.1, 0.15) is 117 Å². The number of Topliss-reactive ketones (excluding diaryl/α,β-unsaturated/α-hetero) is 1. The zero-order valence-electron chi connectivity index (χ0n) is 30.9. The topological polar surface area (TPSA) is 256 Å². The number of likely N-dealkylation sites (tertiary alicyclic amines) is 1. The number of aromatic nitrogens is 1. The van der Waals surface area contributed by atoms with Crippen molar-refractivity contribution in [1.29, 1.82) is 0 Å². The van der Waals surface area contributed by atoms with Gasteiger partial charge < -0.3 is 45.9 Å². The van der Waals surface area contributed by atoms with Crippen LogP contribution in [0, 0.1) is 0 Å². The largest absolute Gasteiger partial charge is 0.507 e. The fraction of sp³-hybridized carbons (Fsp3) is 0.425. The van der Waals surface area contributed by atoms with Gasteiger partial charge in [0.1, 0.15) is 29.2 Å². The van der Waals surface area contributed by atoms with Crippen molar-refractivity contribution in [3.05, 3.63) is 87.2 Å². The molecule has 8 atom stereocenters.